The lowest BCUT2D eigenvalue weighted by atomic mass is 10.1. The summed E-state index contributed by atoms with van der Waals surface area (Å²) < 4.78 is 26.4. The van der Waals surface area contributed by atoms with Crippen molar-refractivity contribution in [2.24, 2.45) is 0 Å². The van der Waals surface area contributed by atoms with Crippen LogP contribution >= 0.6 is 0 Å². The first kappa shape index (κ1) is 15.6. The highest BCUT2D eigenvalue weighted by atomic mass is 32.2. The van der Waals surface area contributed by atoms with Gasteiger partial charge in [-0.1, -0.05) is 12.1 Å². The van der Waals surface area contributed by atoms with E-state index in [1.807, 2.05) is 0 Å². The Hall–Kier alpha value is -1.44. The van der Waals surface area contributed by atoms with Crippen molar-refractivity contribution in [3.05, 3.63) is 29.8 Å². The molecule has 0 spiro atoms. The fourth-order valence-corrected chi connectivity index (χ4v) is 2.77. The Labute approximate surface area is 112 Å². The van der Waals surface area contributed by atoms with Crippen LogP contribution in [-0.2, 0) is 14.8 Å². The smallest absolute Gasteiger partial charge is 0.241 e. The zero-order valence-corrected chi connectivity index (χ0v) is 11.9. The van der Waals surface area contributed by atoms with Gasteiger partial charge < -0.3 is 10.4 Å². The van der Waals surface area contributed by atoms with Gasteiger partial charge in [-0.15, -0.1) is 0 Å². The SMILES string of the molecule is CNC(=O)C(C)NS(=O)(=O)c1cccc(C(C)O)c1. The third-order valence-electron chi connectivity index (χ3n) is 2.62. The molecule has 6 nitrogen and oxygen atoms in total. The number of hydrogen-bond acceptors (Lipinski definition) is 4. The summed E-state index contributed by atoms with van der Waals surface area (Å²) in [5.74, 6) is -0.421. The molecule has 0 aromatic heterocycles. The van der Waals surface area contributed by atoms with E-state index in [2.05, 4.69) is 10.0 Å². The minimum Gasteiger partial charge on any atom is -0.389 e. The number of sulfonamides is 1. The summed E-state index contributed by atoms with van der Waals surface area (Å²) in [4.78, 5) is 11.3. The molecular formula is C12H18N2O4S. The Bertz CT molecular complexity index is 555. The van der Waals surface area contributed by atoms with E-state index < -0.39 is 28.1 Å². The Morgan fingerprint density at radius 2 is 1.95 bits per heavy atom. The van der Waals surface area contributed by atoms with Crippen molar-refractivity contribution in [1.82, 2.24) is 10.0 Å². The molecule has 0 bridgehead atoms. The quantitative estimate of drug-likeness (QED) is 0.718. The van der Waals surface area contributed by atoms with Gasteiger partial charge in [-0.2, -0.15) is 4.72 Å². The molecule has 1 aromatic carbocycles. The molecule has 0 fully saturated rings. The number of benzene rings is 1. The average Bonchev–Trinajstić information content (AvgIpc) is 2.37. The predicted molar refractivity (Wildman–Crippen MR) is 70.9 cm³/mol. The second-order valence-electron chi connectivity index (χ2n) is 4.21. The molecule has 0 heterocycles. The van der Waals surface area contributed by atoms with Gasteiger partial charge in [0.2, 0.25) is 15.9 Å². The maximum atomic E-state index is 12.1. The Balaban J connectivity index is 3.01. The topological polar surface area (TPSA) is 95.5 Å². The van der Waals surface area contributed by atoms with Crippen molar-refractivity contribution in [3.8, 4) is 0 Å². The summed E-state index contributed by atoms with van der Waals surface area (Å²) in [5.41, 5.74) is 0.496. The van der Waals surface area contributed by atoms with Gasteiger partial charge in [0.1, 0.15) is 0 Å². The number of nitrogens with one attached hydrogen (secondary N) is 2. The molecule has 0 saturated heterocycles. The lowest BCUT2D eigenvalue weighted by Crippen LogP contribution is -2.43. The van der Waals surface area contributed by atoms with Gasteiger partial charge in [0.05, 0.1) is 17.0 Å². The molecule has 0 aliphatic carbocycles. The molecule has 3 N–H and O–H groups in total. The van der Waals surface area contributed by atoms with Gasteiger partial charge in [-0.25, -0.2) is 8.42 Å². The van der Waals surface area contributed by atoms with Gasteiger partial charge in [0.25, 0.3) is 0 Å². The third kappa shape index (κ3) is 4.02. The standard InChI is InChI=1S/C12H18N2O4S/c1-8(12(16)13-3)14-19(17,18)11-6-4-5-10(7-11)9(2)15/h4-9,14-15H,1-3H3,(H,13,16). The van der Waals surface area contributed by atoms with Gasteiger partial charge in [0, 0.05) is 7.05 Å². The largest absolute Gasteiger partial charge is 0.389 e. The maximum Gasteiger partial charge on any atom is 0.241 e. The van der Waals surface area contributed by atoms with Crippen LogP contribution in [0.5, 0.6) is 0 Å². The van der Waals surface area contributed by atoms with E-state index in [0.29, 0.717) is 5.56 Å². The van der Waals surface area contributed by atoms with E-state index in [4.69, 9.17) is 0 Å². The van der Waals surface area contributed by atoms with Crippen LogP contribution in [0.4, 0.5) is 0 Å². The van der Waals surface area contributed by atoms with E-state index in [1.165, 1.54) is 26.1 Å². The predicted octanol–water partition coefficient (Wildman–Crippen LogP) is 0.153. The number of amides is 1. The molecule has 1 aromatic rings. The summed E-state index contributed by atoms with van der Waals surface area (Å²) in [6.45, 7) is 3.00. The van der Waals surface area contributed by atoms with Gasteiger partial charge in [0.15, 0.2) is 0 Å². The Morgan fingerprint density at radius 3 is 2.47 bits per heavy atom. The number of rotatable bonds is 5. The minimum absolute atomic E-state index is 0.0154. The van der Waals surface area contributed by atoms with Crippen LogP contribution in [0, 0.1) is 0 Å². The fourth-order valence-electron chi connectivity index (χ4n) is 1.51. The van der Waals surface area contributed by atoms with Gasteiger partial charge >= 0.3 is 0 Å². The molecule has 0 saturated carbocycles. The normalized spacial score (nSPS) is 14.7. The van der Waals surface area contributed by atoms with Crippen molar-refractivity contribution < 1.29 is 18.3 Å². The average molecular weight is 286 g/mol. The second kappa shape index (κ2) is 6.14. The number of aliphatic hydroxyl groups excluding tert-OH is 1. The van der Waals surface area contributed by atoms with Crippen molar-refractivity contribution in [2.75, 3.05) is 7.05 Å². The van der Waals surface area contributed by atoms with E-state index >= 15 is 0 Å². The van der Waals surface area contributed by atoms with Crippen LogP contribution in [0.15, 0.2) is 29.2 Å². The summed E-state index contributed by atoms with van der Waals surface area (Å²) in [5, 5.41) is 11.8. The highest BCUT2D eigenvalue weighted by molar-refractivity contribution is 7.89. The Kier molecular flexibility index (Phi) is 5.04. The number of likely N-dealkylation sites (N-methyl/N-ethyl adjacent to an activating group) is 1. The summed E-state index contributed by atoms with van der Waals surface area (Å²) in [6, 6.07) is 5.09. The lowest BCUT2D eigenvalue weighted by Gasteiger charge is -2.14. The van der Waals surface area contributed by atoms with E-state index in [1.54, 1.807) is 19.1 Å². The van der Waals surface area contributed by atoms with E-state index in [9.17, 15) is 18.3 Å². The van der Waals surface area contributed by atoms with Crippen LogP contribution in [-0.4, -0.2) is 32.5 Å². The molecule has 2 unspecified atom stereocenters. The van der Waals surface area contributed by atoms with Crippen molar-refractivity contribution >= 4 is 15.9 Å². The molecule has 1 amide bonds. The second-order valence-corrected chi connectivity index (χ2v) is 5.92. The molecule has 106 valence electrons. The van der Waals surface area contributed by atoms with Crippen LogP contribution < -0.4 is 10.0 Å². The highest BCUT2D eigenvalue weighted by Gasteiger charge is 2.21. The van der Waals surface area contributed by atoms with Gasteiger partial charge in [-0.3, -0.25) is 4.79 Å². The summed E-state index contributed by atoms with van der Waals surface area (Å²) in [6.07, 6.45) is -0.758. The molecular weight excluding hydrogens is 268 g/mol. The number of carbonyl (C=O) groups is 1. The number of aliphatic hydroxyl groups is 1. The van der Waals surface area contributed by atoms with Crippen LogP contribution in [0.3, 0.4) is 0 Å². The number of hydrogen-bond donors (Lipinski definition) is 3. The fraction of sp³-hybridized carbons (Fsp3) is 0.417. The Morgan fingerprint density at radius 1 is 1.32 bits per heavy atom. The molecule has 19 heavy (non-hydrogen) atoms. The van der Waals surface area contributed by atoms with Crippen molar-refractivity contribution in [3.63, 3.8) is 0 Å². The molecule has 2 atom stereocenters. The van der Waals surface area contributed by atoms with Crippen molar-refractivity contribution in [2.45, 2.75) is 30.9 Å². The van der Waals surface area contributed by atoms with E-state index in [-0.39, 0.29) is 4.90 Å². The first-order chi connectivity index (χ1) is 8.77. The number of carbonyl (C=O) groups excluding carboxylic acids is 1. The van der Waals surface area contributed by atoms with Crippen LogP contribution in [0.2, 0.25) is 0 Å². The monoisotopic (exact) mass is 286 g/mol. The van der Waals surface area contributed by atoms with Gasteiger partial charge in [-0.05, 0) is 31.5 Å². The minimum atomic E-state index is -3.79. The molecule has 7 heteroatoms. The zero-order valence-electron chi connectivity index (χ0n) is 11.0. The molecule has 0 radical (unpaired) electrons. The molecule has 0 aliphatic rings. The van der Waals surface area contributed by atoms with Crippen LogP contribution in [0.1, 0.15) is 25.5 Å². The lowest BCUT2D eigenvalue weighted by molar-refractivity contribution is -0.121. The first-order valence-electron chi connectivity index (χ1n) is 5.80. The molecule has 0 aliphatic heterocycles. The van der Waals surface area contributed by atoms with E-state index in [0.717, 1.165) is 0 Å². The maximum absolute atomic E-state index is 12.1. The molecule has 1 rings (SSSR count). The zero-order chi connectivity index (χ0) is 14.6. The summed E-state index contributed by atoms with van der Waals surface area (Å²) >= 11 is 0. The first-order valence-corrected chi connectivity index (χ1v) is 7.28. The third-order valence-corrected chi connectivity index (χ3v) is 4.16. The summed E-state index contributed by atoms with van der Waals surface area (Å²) in [7, 11) is -2.36. The highest BCUT2D eigenvalue weighted by Crippen LogP contribution is 2.17. The van der Waals surface area contributed by atoms with Crippen LogP contribution in [0.25, 0.3) is 0 Å². The van der Waals surface area contributed by atoms with Crippen molar-refractivity contribution in [1.29, 1.82) is 0 Å².